The molecule has 134 valence electrons. The van der Waals surface area contributed by atoms with E-state index in [-0.39, 0.29) is 22.7 Å². The highest BCUT2D eigenvalue weighted by molar-refractivity contribution is 6.15. The van der Waals surface area contributed by atoms with Gasteiger partial charge in [0.25, 0.3) is 5.69 Å². The Morgan fingerprint density at radius 2 is 1.85 bits per heavy atom. The molecule has 3 rings (SSSR count). The quantitative estimate of drug-likeness (QED) is 0.424. The molecular weight excluding hydrogens is 346 g/mol. The van der Waals surface area contributed by atoms with Gasteiger partial charge in [0.1, 0.15) is 18.1 Å². The normalized spacial score (nSPS) is 21.0. The molecule has 0 N–H and O–H groups in total. The minimum Gasteiger partial charge on any atom is -0.466 e. The Hall–Kier alpha value is -3.56. The molecule has 3 heterocycles. The summed E-state index contributed by atoms with van der Waals surface area (Å²) < 4.78 is 9.48. The van der Waals surface area contributed by atoms with Crippen molar-refractivity contribution in [1.82, 2.24) is 4.98 Å². The van der Waals surface area contributed by atoms with Crippen molar-refractivity contribution in [2.24, 2.45) is 0 Å². The Bertz CT molecular complexity index is 854. The fourth-order valence-corrected chi connectivity index (χ4v) is 3.08. The maximum atomic E-state index is 12.4. The average Bonchev–Trinajstić information content (AvgIpc) is 2.92. The fourth-order valence-electron chi connectivity index (χ4n) is 3.08. The SMILES string of the molecule is COC(=O)C1=C(C(=O)OC)C2C(=O)C=CC1N2c1ccc([N+](=O)[O-])cn1. The summed E-state index contributed by atoms with van der Waals surface area (Å²) in [6.45, 7) is 0. The van der Waals surface area contributed by atoms with Crippen LogP contribution >= 0.6 is 0 Å². The number of pyridine rings is 1. The zero-order valence-electron chi connectivity index (χ0n) is 13.7. The first-order valence-corrected chi connectivity index (χ1v) is 7.42. The predicted octanol–water partition coefficient (Wildman–Crippen LogP) is 0.328. The van der Waals surface area contributed by atoms with Gasteiger partial charge in [-0.25, -0.2) is 14.6 Å². The van der Waals surface area contributed by atoms with Crippen molar-refractivity contribution in [1.29, 1.82) is 0 Å². The van der Waals surface area contributed by atoms with Crippen LogP contribution in [-0.4, -0.2) is 53.9 Å². The Balaban J connectivity index is 2.13. The molecule has 1 aromatic rings. The van der Waals surface area contributed by atoms with E-state index in [9.17, 15) is 24.5 Å². The van der Waals surface area contributed by atoms with Crippen molar-refractivity contribution >= 4 is 29.2 Å². The second-order valence-electron chi connectivity index (χ2n) is 5.46. The first-order valence-electron chi connectivity index (χ1n) is 7.42. The number of methoxy groups -OCH3 is 2. The third kappa shape index (κ3) is 2.51. The van der Waals surface area contributed by atoms with E-state index in [2.05, 4.69) is 4.98 Å². The van der Waals surface area contributed by atoms with E-state index in [4.69, 9.17) is 9.47 Å². The molecule has 0 amide bonds. The van der Waals surface area contributed by atoms with Crippen LogP contribution in [0.5, 0.6) is 0 Å². The van der Waals surface area contributed by atoms with E-state index in [0.717, 1.165) is 20.4 Å². The summed E-state index contributed by atoms with van der Waals surface area (Å²) in [5.41, 5.74) is -0.375. The van der Waals surface area contributed by atoms with E-state index >= 15 is 0 Å². The van der Waals surface area contributed by atoms with E-state index in [0.29, 0.717) is 0 Å². The average molecular weight is 359 g/mol. The van der Waals surface area contributed by atoms with Gasteiger partial charge >= 0.3 is 11.9 Å². The molecule has 2 aliphatic heterocycles. The highest BCUT2D eigenvalue weighted by atomic mass is 16.6. The lowest BCUT2D eigenvalue weighted by Crippen LogP contribution is -2.46. The van der Waals surface area contributed by atoms with Gasteiger partial charge in [0.2, 0.25) is 0 Å². The highest BCUT2D eigenvalue weighted by Gasteiger charge is 2.51. The summed E-state index contributed by atoms with van der Waals surface area (Å²) in [5, 5.41) is 10.8. The molecule has 10 nitrogen and oxygen atoms in total. The van der Waals surface area contributed by atoms with E-state index in [1.807, 2.05) is 0 Å². The number of ketones is 1. The van der Waals surface area contributed by atoms with Crippen molar-refractivity contribution in [2.75, 3.05) is 19.1 Å². The largest absolute Gasteiger partial charge is 0.466 e. The fraction of sp³-hybridized carbons (Fsp3) is 0.250. The number of carbonyl (C=O) groups excluding carboxylic acids is 3. The summed E-state index contributed by atoms with van der Waals surface area (Å²) in [5.74, 6) is -1.85. The predicted molar refractivity (Wildman–Crippen MR) is 86.2 cm³/mol. The van der Waals surface area contributed by atoms with Gasteiger partial charge in [-0.3, -0.25) is 14.9 Å². The van der Waals surface area contributed by atoms with Gasteiger partial charge in [-0.1, -0.05) is 6.08 Å². The van der Waals surface area contributed by atoms with Crippen LogP contribution in [0.3, 0.4) is 0 Å². The summed E-state index contributed by atoms with van der Waals surface area (Å²) in [4.78, 5) is 52.6. The molecule has 0 saturated heterocycles. The lowest BCUT2D eigenvalue weighted by Gasteiger charge is -2.32. The van der Waals surface area contributed by atoms with Crippen LogP contribution in [0, 0.1) is 10.1 Å². The summed E-state index contributed by atoms with van der Waals surface area (Å²) in [6, 6.07) is 0.661. The monoisotopic (exact) mass is 359 g/mol. The number of nitrogens with zero attached hydrogens (tertiary/aromatic N) is 3. The van der Waals surface area contributed by atoms with Crippen LogP contribution in [-0.2, 0) is 23.9 Å². The zero-order valence-corrected chi connectivity index (χ0v) is 13.7. The molecule has 0 saturated carbocycles. The molecule has 2 atom stereocenters. The molecule has 0 radical (unpaired) electrons. The number of fused-ring (bicyclic) bond motifs is 2. The first-order chi connectivity index (χ1) is 12.4. The molecule has 26 heavy (non-hydrogen) atoms. The van der Waals surface area contributed by atoms with E-state index in [1.54, 1.807) is 0 Å². The molecule has 1 aromatic heterocycles. The molecule has 0 aliphatic carbocycles. The number of anilines is 1. The number of esters is 2. The minimum absolute atomic E-state index is 0.0217. The van der Waals surface area contributed by atoms with Gasteiger partial charge < -0.3 is 14.4 Å². The lowest BCUT2D eigenvalue weighted by molar-refractivity contribution is -0.385. The van der Waals surface area contributed by atoms with Gasteiger partial charge in [-0.2, -0.15) is 0 Å². The zero-order chi connectivity index (χ0) is 19.0. The molecule has 0 fully saturated rings. The van der Waals surface area contributed by atoms with Gasteiger partial charge in [0.05, 0.1) is 36.3 Å². The van der Waals surface area contributed by atoms with Crippen LogP contribution in [0.4, 0.5) is 11.5 Å². The van der Waals surface area contributed by atoms with Crippen LogP contribution in [0.2, 0.25) is 0 Å². The Labute approximate surface area is 146 Å². The Morgan fingerprint density at radius 3 is 2.38 bits per heavy atom. The molecule has 2 unspecified atom stereocenters. The van der Waals surface area contributed by atoms with Crippen molar-refractivity contribution in [3.8, 4) is 0 Å². The number of rotatable bonds is 4. The van der Waals surface area contributed by atoms with Crippen LogP contribution in [0.1, 0.15) is 0 Å². The number of hydrogen-bond acceptors (Lipinski definition) is 9. The van der Waals surface area contributed by atoms with Gasteiger partial charge in [0, 0.05) is 6.07 Å². The molecule has 2 aliphatic rings. The van der Waals surface area contributed by atoms with E-state index < -0.39 is 34.7 Å². The second-order valence-corrected chi connectivity index (χ2v) is 5.46. The smallest absolute Gasteiger partial charge is 0.336 e. The molecule has 2 bridgehead atoms. The van der Waals surface area contributed by atoms with Crippen LogP contribution in [0.25, 0.3) is 0 Å². The van der Waals surface area contributed by atoms with Crippen LogP contribution in [0.15, 0.2) is 41.6 Å². The van der Waals surface area contributed by atoms with Crippen molar-refractivity contribution in [2.45, 2.75) is 12.1 Å². The third-order valence-corrected chi connectivity index (χ3v) is 4.17. The summed E-state index contributed by atoms with van der Waals surface area (Å²) in [6.07, 6.45) is 3.76. The number of nitro groups is 1. The van der Waals surface area contributed by atoms with Crippen molar-refractivity contribution in [3.63, 3.8) is 0 Å². The number of hydrogen-bond donors (Lipinski definition) is 0. The molecular formula is C16H13N3O7. The third-order valence-electron chi connectivity index (χ3n) is 4.17. The number of carbonyl (C=O) groups is 3. The van der Waals surface area contributed by atoms with Gasteiger partial charge in [0.15, 0.2) is 5.78 Å². The van der Waals surface area contributed by atoms with Crippen molar-refractivity contribution < 1.29 is 28.8 Å². The summed E-state index contributed by atoms with van der Waals surface area (Å²) >= 11 is 0. The maximum Gasteiger partial charge on any atom is 0.336 e. The van der Waals surface area contributed by atoms with Gasteiger partial charge in [-0.05, 0) is 12.1 Å². The molecule has 0 spiro atoms. The van der Waals surface area contributed by atoms with Gasteiger partial charge in [-0.15, -0.1) is 0 Å². The number of ether oxygens (including phenoxy) is 2. The second kappa shape index (κ2) is 6.39. The minimum atomic E-state index is -1.12. The Morgan fingerprint density at radius 1 is 1.19 bits per heavy atom. The van der Waals surface area contributed by atoms with Crippen molar-refractivity contribution in [3.05, 3.63) is 51.7 Å². The van der Waals surface area contributed by atoms with E-state index in [1.165, 1.54) is 29.2 Å². The lowest BCUT2D eigenvalue weighted by atomic mass is 10.0. The summed E-state index contributed by atoms with van der Waals surface area (Å²) in [7, 11) is 2.30. The standard InChI is InChI=1S/C16H13N3O7/c1-25-15(21)12-9-4-5-10(20)14(13(12)16(22)26-2)18(9)11-6-3-8(7-17-11)19(23)24/h3-7,9,14H,1-2H3. The molecule has 0 aromatic carbocycles. The first kappa shape index (κ1) is 17.3. The molecule has 10 heteroatoms. The maximum absolute atomic E-state index is 12.4. The highest BCUT2D eigenvalue weighted by Crippen LogP contribution is 2.39. The number of aromatic nitrogens is 1. The Kier molecular flexibility index (Phi) is 4.24. The van der Waals surface area contributed by atoms with Crippen LogP contribution < -0.4 is 4.90 Å². The topological polar surface area (TPSA) is 129 Å².